The summed E-state index contributed by atoms with van der Waals surface area (Å²) < 4.78 is 10.1. The summed E-state index contributed by atoms with van der Waals surface area (Å²) in [6, 6.07) is 10.7. The topological polar surface area (TPSA) is 110 Å². The van der Waals surface area contributed by atoms with Crippen molar-refractivity contribution in [1.29, 1.82) is 0 Å². The lowest BCUT2D eigenvalue weighted by Crippen LogP contribution is -2.37. The summed E-state index contributed by atoms with van der Waals surface area (Å²) in [7, 11) is 1.59. The van der Waals surface area contributed by atoms with Crippen LogP contribution in [0.4, 0.5) is 0 Å². The van der Waals surface area contributed by atoms with E-state index in [1.807, 2.05) is 12.1 Å². The minimum atomic E-state index is -0.332. The number of hydrogen-bond acceptors (Lipinski definition) is 5. The van der Waals surface area contributed by atoms with Crippen molar-refractivity contribution in [2.45, 2.75) is 13.0 Å². The molecule has 0 fully saturated rings. The fourth-order valence-corrected chi connectivity index (χ4v) is 2.18. The second-order valence-electron chi connectivity index (χ2n) is 5.79. The molecule has 0 aliphatic heterocycles. The van der Waals surface area contributed by atoms with Crippen LogP contribution in [-0.4, -0.2) is 37.9 Å². The van der Waals surface area contributed by atoms with Crippen LogP contribution in [0.15, 0.2) is 53.2 Å². The van der Waals surface area contributed by atoms with Crippen molar-refractivity contribution < 1.29 is 23.5 Å². The summed E-state index contributed by atoms with van der Waals surface area (Å²) >= 11 is 0. The van der Waals surface area contributed by atoms with Crippen LogP contribution >= 0.6 is 0 Å². The van der Waals surface area contributed by atoms with E-state index in [-0.39, 0.29) is 37.2 Å². The van der Waals surface area contributed by atoms with Gasteiger partial charge in [-0.15, -0.1) is 0 Å². The van der Waals surface area contributed by atoms with Gasteiger partial charge < -0.3 is 25.1 Å². The molecule has 0 unspecified atom stereocenters. The predicted octanol–water partition coefficient (Wildman–Crippen LogP) is 1.24. The highest BCUT2D eigenvalue weighted by molar-refractivity contribution is 5.91. The molecule has 28 heavy (non-hydrogen) atoms. The molecule has 0 spiro atoms. The minimum Gasteiger partial charge on any atom is -0.497 e. The molecule has 148 valence electrons. The van der Waals surface area contributed by atoms with Crippen LogP contribution in [0.25, 0.3) is 6.08 Å². The van der Waals surface area contributed by atoms with Crippen LogP contribution in [0, 0.1) is 0 Å². The van der Waals surface area contributed by atoms with E-state index in [1.54, 1.807) is 31.4 Å². The zero-order valence-corrected chi connectivity index (χ0v) is 15.6. The predicted molar refractivity (Wildman–Crippen MR) is 103 cm³/mol. The molecule has 1 aromatic heterocycles. The Labute approximate surface area is 162 Å². The fraction of sp³-hybridized carbons (Fsp3) is 0.250. The third kappa shape index (κ3) is 7.77. The van der Waals surface area contributed by atoms with Crippen molar-refractivity contribution >= 4 is 23.8 Å². The molecule has 0 saturated heterocycles. The van der Waals surface area contributed by atoms with E-state index < -0.39 is 0 Å². The molecule has 0 aliphatic rings. The quantitative estimate of drug-likeness (QED) is 0.533. The van der Waals surface area contributed by atoms with Crippen LogP contribution in [0.3, 0.4) is 0 Å². The number of carbonyl (C=O) groups is 3. The van der Waals surface area contributed by atoms with Gasteiger partial charge in [-0.1, -0.05) is 12.1 Å². The highest BCUT2D eigenvalue weighted by atomic mass is 16.5. The van der Waals surface area contributed by atoms with E-state index in [1.165, 1.54) is 18.4 Å². The lowest BCUT2D eigenvalue weighted by atomic mass is 10.2. The Balaban J connectivity index is 1.57. The van der Waals surface area contributed by atoms with Crippen molar-refractivity contribution in [2.75, 3.05) is 20.2 Å². The third-order valence-corrected chi connectivity index (χ3v) is 3.69. The zero-order valence-electron chi connectivity index (χ0n) is 15.6. The number of amides is 3. The van der Waals surface area contributed by atoms with Gasteiger partial charge in [0, 0.05) is 25.6 Å². The van der Waals surface area contributed by atoms with E-state index >= 15 is 0 Å². The first-order chi connectivity index (χ1) is 13.6. The highest BCUT2D eigenvalue weighted by Gasteiger charge is 2.06. The summed E-state index contributed by atoms with van der Waals surface area (Å²) in [5.74, 6) is 0.352. The van der Waals surface area contributed by atoms with Crippen molar-refractivity contribution in [3.05, 3.63) is 60.1 Å². The van der Waals surface area contributed by atoms with Gasteiger partial charge in [-0.25, -0.2) is 0 Å². The van der Waals surface area contributed by atoms with E-state index in [2.05, 4.69) is 16.0 Å². The number of furan rings is 1. The maximum Gasteiger partial charge on any atom is 0.244 e. The molecule has 8 heteroatoms. The van der Waals surface area contributed by atoms with Crippen LogP contribution in [0.5, 0.6) is 5.75 Å². The second kappa shape index (κ2) is 11.2. The highest BCUT2D eigenvalue weighted by Crippen LogP contribution is 2.10. The van der Waals surface area contributed by atoms with Crippen LogP contribution in [0.2, 0.25) is 0 Å². The van der Waals surface area contributed by atoms with Gasteiger partial charge in [0.15, 0.2) is 0 Å². The number of ether oxygens (including phenoxy) is 1. The Morgan fingerprint density at radius 3 is 2.50 bits per heavy atom. The monoisotopic (exact) mass is 385 g/mol. The molecule has 1 heterocycles. The Kier molecular flexibility index (Phi) is 8.32. The van der Waals surface area contributed by atoms with Gasteiger partial charge in [-0.05, 0) is 35.9 Å². The Morgan fingerprint density at radius 2 is 1.82 bits per heavy atom. The normalized spacial score (nSPS) is 10.5. The number of benzene rings is 1. The third-order valence-electron chi connectivity index (χ3n) is 3.69. The van der Waals surface area contributed by atoms with Gasteiger partial charge in [0.2, 0.25) is 17.7 Å². The average molecular weight is 385 g/mol. The van der Waals surface area contributed by atoms with E-state index in [9.17, 15) is 14.4 Å². The summed E-state index contributed by atoms with van der Waals surface area (Å²) in [6.45, 7) is 0.402. The molecule has 2 rings (SSSR count). The Hall–Kier alpha value is -3.55. The van der Waals surface area contributed by atoms with Gasteiger partial charge >= 0.3 is 0 Å². The van der Waals surface area contributed by atoms with Gasteiger partial charge in [0.05, 0.1) is 19.9 Å². The van der Waals surface area contributed by atoms with Crippen molar-refractivity contribution in [2.24, 2.45) is 0 Å². The zero-order chi connectivity index (χ0) is 20.2. The largest absolute Gasteiger partial charge is 0.497 e. The molecule has 8 nitrogen and oxygen atoms in total. The number of carbonyl (C=O) groups excluding carboxylic acids is 3. The van der Waals surface area contributed by atoms with Crippen molar-refractivity contribution in [1.82, 2.24) is 16.0 Å². The lowest BCUT2D eigenvalue weighted by Gasteiger charge is -2.08. The number of methoxy groups -OCH3 is 1. The molecule has 0 atom stereocenters. The summed E-state index contributed by atoms with van der Waals surface area (Å²) in [5.41, 5.74) is 0.922. The smallest absolute Gasteiger partial charge is 0.244 e. The molecule has 1 aromatic carbocycles. The minimum absolute atomic E-state index is 0.0755. The maximum absolute atomic E-state index is 11.8. The molecule has 3 amide bonds. The molecule has 0 saturated carbocycles. The molecular formula is C20H23N3O5. The molecule has 0 radical (unpaired) electrons. The molecule has 0 bridgehead atoms. The number of rotatable bonds is 10. The first-order valence-electron chi connectivity index (χ1n) is 8.72. The van der Waals surface area contributed by atoms with Crippen molar-refractivity contribution in [3.63, 3.8) is 0 Å². The first-order valence-corrected chi connectivity index (χ1v) is 8.72. The average Bonchev–Trinajstić information content (AvgIpc) is 3.23. The Bertz CT molecular complexity index is 798. The summed E-state index contributed by atoms with van der Waals surface area (Å²) in [5, 5.41) is 7.80. The maximum atomic E-state index is 11.8. The van der Waals surface area contributed by atoms with Crippen molar-refractivity contribution in [3.8, 4) is 5.75 Å². The molecule has 3 N–H and O–H groups in total. The van der Waals surface area contributed by atoms with Crippen LogP contribution in [0.1, 0.15) is 17.7 Å². The van der Waals surface area contributed by atoms with E-state index in [0.29, 0.717) is 12.3 Å². The van der Waals surface area contributed by atoms with Gasteiger partial charge in [-0.2, -0.15) is 0 Å². The summed E-state index contributed by atoms with van der Waals surface area (Å²) in [4.78, 5) is 35.1. The lowest BCUT2D eigenvalue weighted by molar-refractivity contribution is -0.126. The van der Waals surface area contributed by atoms with E-state index in [4.69, 9.17) is 9.15 Å². The number of hydrogen-bond donors (Lipinski definition) is 3. The SMILES string of the molecule is COc1ccc(CNC(=O)CNC(=O)CCNC(=O)/C=C/c2ccco2)cc1. The fourth-order valence-electron chi connectivity index (χ4n) is 2.18. The molecule has 2 aromatic rings. The second-order valence-corrected chi connectivity index (χ2v) is 5.79. The van der Waals surface area contributed by atoms with Crippen LogP contribution < -0.4 is 20.7 Å². The summed E-state index contributed by atoms with van der Waals surface area (Å²) in [6.07, 6.45) is 4.44. The van der Waals surface area contributed by atoms with Crippen LogP contribution in [-0.2, 0) is 20.9 Å². The standard InChI is InChI=1S/C20H23N3O5/c1-27-16-6-4-15(5-7-16)13-22-20(26)14-23-19(25)10-11-21-18(24)9-8-17-3-2-12-28-17/h2-9,12H,10-11,13-14H2,1H3,(H,21,24)(H,22,26)(H,23,25)/b9-8+. The molecule has 0 aliphatic carbocycles. The van der Waals surface area contributed by atoms with Gasteiger partial charge in [0.25, 0.3) is 0 Å². The number of nitrogens with one attached hydrogen (secondary N) is 3. The first kappa shape index (κ1) is 20.8. The molecular weight excluding hydrogens is 362 g/mol. The Morgan fingerprint density at radius 1 is 1.04 bits per heavy atom. The van der Waals surface area contributed by atoms with Gasteiger partial charge in [0.1, 0.15) is 11.5 Å². The van der Waals surface area contributed by atoms with Gasteiger partial charge in [-0.3, -0.25) is 14.4 Å². The van der Waals surface area contributed by atoms with E-state index in [0.717, 1.165) is 11.3 Å².